The van der Waals surface area contributed by atoms with Crippen LogP contribution in [-0.4, -0.2) is 22.8 Å². The predicted octanol–water partition coefficient (Wildman–Crippen LogP) is 3.72. The number of aromatic nitrogens is 2. The summed E-state index contributed by atoms with van der Waals surface area (Å²) in [5.41, 5.74) is 0.953. The zero-order valence-corrected chi connectivity index (χ0v) is 15.7. The molecule has 0 saturated heterocycles. The largest absolute Gasteiger partial charge is 0.454 e. The van der Waals surface area contributed by atoms with Crippen LogP contribution in [0.25, 0.3) is 22.9 Å². The van der Waals surface area contributed by atoms with Crippen molar-refractivity contribution in [1.82, 2.24) is 15.5 Å². The number of nitrogens with zero attached hydrogens (tertiary/aromatic N) is 2. The van der Waals surface area contributed by atoms with Crippen LogP contribution in [0.4, 0.5) is 0 Å². The summed E-state index contributed by atoms with van der Waals surface area (Å²) in [6, 6.07) is 9.63. The second kappa shape index (κ2) is 7.12. The van der Waals surface area contributed by atoms with E-state index in [1.807, 2.05) is 36.4 Å². The summed E-state index contributed by atoms with van der Waals surface area (Å²) >= 11 is 1.55. The van der Waals surface area contributed by atoms with Crippen molar-refractivity contribution in [3.05, 3.63) is 46.7 Å². The minimum atomic E-state index is 0.144. The summed E-state index contributed by atoms with van der Waals surface area (Å²) in [7, 11) is 0. The number of carbonyl (C=O) groups is 1. The second-order valence-electron chi connectivity index (χ2n) is 6.66. The minimum absolute atomic E-state index is 0.144. The third-order valence-corrected chi connectivity index (χ3v) is 5.60. The lowest BCUT2D eigenvalue weighted by molar-refractivity contribution is -0.122. The van der Waals surface area contributed by atoms with Gasteiger partial charge in [0, 0.05) is 16.9 Å². The van der Waals surface area contributed by atoms with Crippen LogP contribution in [0, 0.1) is 5.92 Å². The highest BCUT2D eigenvalue weighted by molar-refractivity contribution is 7.15. The third-order valence-electron chi connectivity index (χ3n) is 4.52. The van der Waals surface area contributed by atoms with Crippen molar-refractivity contribution in [3.63, 3.8) is 0 Å². The number of hydrogen-bond donors (Lipinski definition) is 1. The molecule has 142 valence electrons. The first-order valence-corrected chi connectivity index (χ1v) is 9.84. The summed E-state index contributed by atoms with van der Waals surface area (Å²) < 4.78 is 16.0. The summed E-state index contributed by atoms with van der Waals surface area (Å²) in [5, 5.41) is 7.01. The molecule has 2 aliphatic rings. The summed E-state index contributed by atoms with van der Waals surface area (Å²) in [6.45, 7) is 0.789. The van der Waals surface area contributed by atoms with Crippen molar-refractivity contribution in [1.29, 1.82) is 0 Å². The Morgan fingerprint density at radius 1 is 1.18 bits per heavy atom. The molecule has 3 aromatic rings. The van der Waals surface area contributed by atoms with Crippen molar-refractivity contribution in [2.24, 2.45) is 5.92 Å². The number of nitrogens with one attached hydrogen (secondary N) is 1. The zero-order chi connectivity index (χ0) is 18.9. The highest BCUT2D eigenvalue weighted by atomic mass is 32.1. The Hall–Kier alpha value is -3.13. The van der Waals surface area contributed by atoms with Gasteiger partial charge in [0.15, 0.2) is 11.5 Å². The van der Waals surface area contributed by atoms with Gasteiger partial charge in [-0.15, -0.1) is 11.3 Å². The van der Waals surface area contributed by atoms with Gasteiger partial charge in [-0.2, -0.15) is 4.98 Å². The molecule has 8 heteroatoms. The van der Waals surface area contributed by atoms with E-state index in [0.29, 0.717) is 18.3 Å². The quantitative estimate of drug-likeness (QED) is 0.684. The van der Waals surface area contributed by atoms with Gasteiger partial charge in [-0.05, 0) is 48.7 Å². The van der Waals surface area contributed by atoms with Gasteiger partial charge in [-0.25, -0.2) is 0 Å². The van der Waals surface area contributed by atoms with Crippen LogP contribution < -0.4 is 14.8 Å². The zero-order valence-electron chi connectivity index (χ0n) is 14.9. The fourth-order valence-corrected chi connectivity index (χ4v) is 3.72. The number of amides is 1. The lowest BCUT2D eigenvalue weighted by Crippen LogP contribution is -2.23. The fourth-order valence-electron chi connectivity index (χ4n) is 2.84. The van der Waals surface area contributed by atoms with E-state index < -0.39 is 0 Å². The Morgan fingerprint density at radius 3 is 2.96 bits per heavy atom. The van der Waals surface area contributed by atoms with Gasteiger partial charge in [-0.1, -0.05) is 11.2 Å². The molecule has 0 radical (unpaired) electrons. The maximum Gasteiger partial charge on any atom is 0.250 e. The van der Waals surface area contributed by atoms with Crippen molar-refractivity contribution < 1.29 is 18.8 Å². The van der Waals surface area contributed by atoms with E-state index >= 15 is 0 Å². The molecule has 1 aliphatic heterocycles. The second-order valence-corrected chi connectivity index (χ2v) is 7.83. The van der Waals surface area contributed by atoms with Crippen LogP contribution in [0.1, 0.15) is 29.2 Å². The van der Waals surface area contributed by atoms with Gasteiger partial charge in [0.1, 0.15) is 0 Å². The van der Waals surface area contributed by atoms with Crippen LogP contribution in [0.2, 0.25) is 0 Å². The van der Waals surface area contributed by atoms with Crippen molar-refractivity contribution in [2.75, 3.05) is 6.79 Å². The number of thiophene rings is 1. The van der Waals surface area contributed by atoms with E-state index in [9.17, 15) is 4.79 Å². The van der Waals surface area contributed by atoms with E-state index in [4.69, 9.17) is 14.0 Å². The normalized spacial score (nSPS) is 15.3. The highest BCUT2D eigenvalue weighted by Gasteiger charge is 2.29. The number of rotatable bonds is 6. The van der Waals surface area contributed by atoms with Crippen molar-refractivity contribution in [2.45, 2.75) is 19.4 Å². The molecule has 5 rings (SSSR count). The van der Waals surface area contributed by atoms with Gasteiger partial charge in [0.25, 0.3) is 5.89 Å². The smallest absolute Gasteiger partial charge is 0.250 e. The molecule has 1 aliphatic carbocycles. The van der Waals surface area contributed by atoms with Crippen molar-refractivity contribution >= 4 is 29.4 Å². The Bertz CT molecular complexity index is 1050. The number of hydrogen-bond acceptors (Lipinski definition) is 7. The van der Waals surface area contributed by atoms with Gasteiger partial charge in [0.05, 0.1) is 11.4 Å². The molecular formula is C20H17N3O4S. The average Bonchev–Trinajstić information content (AvgIpc) is 3.11. The SMILES string of the molecule is O=C(NCc1ccc(-c2noc(C=Cc3ccc4c(c3)OCO4)n2)s1)C1CC1. The van der Waals surface area contributed by atoms with E-state index in [1.54, 1.807) is 17.4 Å². The molecule has 1 amide bonds. The summed E-state index contributed by atoms with van der Waals surface area (Å²) in [4.78, 5) is 18.1. The first kappa shape index (κ1) is 17.0. The molecule has 0 atom stereocenters. The standard InChI is InChI=1S/C20H17N3O4S/c24-20(13-3-4-13)21-10-14-5-7-17(28-14)19-22-18(27-23-19)8-2-12-1-6-15-16(9-12)26-11-25-15/h1-2,5-9,13H,3-4,10-11H2,(H,21,24). The predicted molar refractivity (Wildman–Crippen MR) is 104 cm³/mol. The Morgan fingerprint density at radius 2 is 2.07 bits per heavy atom. The molecule has 1 aromatic carbocycles. The molecule has 1 saturated carbocycles. The average molecular weight is 395 g/mol. The lowest BCUT2D eigenvalue weighted by Gasteiger charge is -2.00. The third kappa shape index (κ3) is 3.63. The Balaban J connectivity index is 1.24. The number of fused-ring (bicyclic) bond motifs is 1. The molecule has 28 heavy (non-hydrogen) atoms. The minimum Gasteiger partial charge on any atom is -0.454 e. The van der Waals surface area contributed by atoms with E-state index in [2.05, 4.69) is 15.5 Å². The maximum atomic E-state index is 11.7. The fraction of sp³-hybridized carbons (Fsp3) is 0.250. The van der Waals surface area contributed by atoms with E-state index in [-0.39, 0.29) is 18.6 Å². The molecule has 2 aromatic heterocycles. The van der Waals surface area contributed by atoms with Crippen molar-refractivity contribution in [3.8, 4) is 22.2 Å². The molecule has 1 fully saturated rings. The number of ether oxygens (including phenoxy) is 2. The van der Waals surface area contributed by atoms with Gasteiger partial charge in [-0.3, -0.25) is 4.79 Å². The topological polar surface area (TPSA) is 86.5 Å². The molecule has 0 bridgehead atoms. The summed E-state index contributed by atoms with van der Waals surface area (Å²) in [6.07, 6.45) is 5.66. The van der Waals surface area contributed by atoms with Crippen LogP contribution in [0.5, 0.6) is 11.5 Å². The maximum absolute atomic E-state index is 11.7. The molecule has 0 spiro atoms. The van der Waals surface area contributed by atoms with Gasteiger partial charge >= 0.3 is 0 Å². The molecule has 3 heterocycles. The van der Waals surface area contributed by atoms with E-state index in [1.165, 1.54) is 0 Å². The van der Waals surface area contributed by atoms with Gasteiger partial charge < -0.3 is 19.3 Å². The molecule has 7 nitrogen and oxygen atoms in total. The first-order chi connectivity index (χ1) is 13.7. The highest BCUT2D eigenvalue weighted by Crippen LogP contribution is 2.33. The first-order valence-electron chi connectivity index (χ1n) is 9.03. The molecule has 1 N–H and O–H groups in total. The van der Waals surface area contributed by atoms with Crippen LogP contribution in [0.15, 0.2) is 34.9 Å². The van der Waals surface area contributed by atoms with Crippen LogP contribution in [0.3, 0.4) is 0 Å². The van der Waals surface area contributed by atoms with E-state index in [0.717, 1.165) is 39.7 Å². The van der Waals surface area contributed by atoms with Gasteiger partial charge in [0.2, 0.25) is 18.5 Å². The lowest BCUT2D eigenvalue weighted by atomic mass is 10.2. The van der Waals surface area contributed by atoms with Crippen LogP contribution in [-0.2, 0) is 11.3 Å². The summed E-state index contributed by atoms with van der Waals surface area (Å²) in [5.74, 6) is 2.80. The number of carbonyl (C=O) groups excluding carboxylic acids is 1. The monoisotopic (exact) mass is 395 g/mol. The molecular weight excluding hydrogens is 378 g/mol. The Labute approximate surface area is 165 Å². The number of benzene rings is 1. The molecule has 0 unspecified atom stereocenters. The van der Waals surface area contributed by atoms with Crippen LogP contribution >= 0.6 is 11.3 Å². The Kier molecular flexibility index (Phi) is 4.32.